The first-order valence-electron chi connectivity index (χ1n) is 7.92. The highest BCUT2D eigenvalue weighted by atomic mass is 127. The Morgan fingerprint density at radius 1 is 1.08 bits per heavy atom. The summed E-state index contributed by atoms with van der Waals surface area (Å²) in [4.78, 5) is 4.37. The number of rotatable bonds is 4. The van der Waals surface area contributed by atoms with Gasteiger partial charge in [0.25, 0.3) is 0 Å². The number of benzene rings is 2. The Morgan fingerprint density at radius 2 is 1.80 bits per heavy atom. The van der Waals surface area contributed by atoms with Crippen molar-refractivity contribution in [1.29, 1.82) is 0 Å². The summed E-state index contributed by atoms with van der Waals surface area (Å²) in [6, 6.07) is 13.9. The van der Waals surface area contributed by atoms with Gasteiger partial charge in [0.15, 0.2) is 17.5 Å². The average Bonchev–Trinajstić information content (AvgIpc) is 2.81. The van der Waals surface area contributed by atoms with E-state index >= 15 is 0 Å². The van der Waals surface area contributed by atoms with E-state index in [1.54, 1.807) is 0 Å². The lowest BCUT2D eigenvalue weighted by Crippen LogP contribution is -2.23. The standard InChI is InChI=1S/C18H20BrN3O2.HI/c19-14-4-2-13(3-5-14)8-9-21-18(20)22-15-6-7-16-17(12-15)24-11-1-10-23-16;/h2-7,12H,1,8-11H2,(H3,20,21,22);1H. The summed E-state index contributed by atoms with van der Waals surface area (Å²) in [6.45, 7) is 1.97. The number of fused-ring (bicyclic) bond motifs is 1. The number of anilines is 1. The van der Waals surface area contributed by atoms with E-state index in [1.807, 2.05) is 30.3 Å². The molecule has 7 heteroatoms. The fraction of sp³-hybridized carbons (Fsp3) is 0.278. The van der Waals surface area contributed by atoms with Gasteiger partial charge >= 0.3 is 0 Å². The minimum Gasteiger partial charge on any atom is -0.490 e. The molecule has 1 aliphatic heterocycles. The Bertz CT molecular complexity index is 723. The van der Waals surface area contributed by atoms with Crippen LogP contribution in [-0.2, 0) is 6.42 Å². The number of nitrogens with one attached hydrogen (secondary N) is 1. The number of halogens is 2. The first kappa shape index (κ1) is 19.8. The summed E-state index contributed by atoms with van der Waals surface area (Å²) >= 11 is 3.43. The highest BCUT2D eigenvalue weighted by molar-refractivity contribution is 14.0. The lowest BCUT2D eigenvalue weighted by atomic mass is 10.2. The van der Waals surface area contributed by atoms with Crippen LogP contribution in [0.5, 0.6) is 11.5 Å². The van der Waals surface area contributed by atoms with Crippen LogP contribution in [0.3, 0.4) is 0 Å². The second-order valence-electron chi connectivity index (χ2n) is 5.48. The third kappa shape index (κ3) is 6.07. The van der Waals surface area contributed by atoms with E-state index < -0.39 is 0 Å². The number of guanidine groups is 1. The van der Waals surface area contributed by atoms with E-state index in [2.05, 4.69) is 38.4 Å². The fourth-order valence-electron chi connectivity index (χ4n) is 2.38. The summed E-state index contributed by atoms with van der Waals surface area (Å²) in [5.41, 5.74) is 8.02. The van der Waals surface area contributed by atoms with E-state index in [4.69, 9.17) is 15.2 Å². The van der Waals surface area contributed by atoms with Gasteiger partial charge in [0.05, 0.1) is 13.2 Å². The zero-order chi connectivity index (χ0) is 16.8. The van der Waals surface area contributed by atoms with Gasteiger partial charge in [-0.3, -0.25) is 4.99 Å². The van der Waals surface area contributed by atoms with Crippen molar-refractivity contribution in [1.82, 2.24) is 0 Å². The summed E-state index contributed by atoms with van der Waals surface area (Å²) < 4.78 is 12.4. The van der Waals surface area contributed by atoms with Crippen LogP contribution in [0.1, 0.15) is 12.0 Å². The maximum Gasteiger partial charge on any atom is 0.193 e. The van der Waals surface area contributed by atoms with Gasteiger partial charge in [-0.2, -0.15) is 0 Å². The maximum absolute atomic E-state index is 5.96. The summed E-state index contributed by atoms with van der Waals surface area (Å²) in [7, 11) is 0. The minimum absolute atomic E-state index is 0. The van der Waals surface area contributed by atoms with Gasteiger partial charge < -0.3 is 20.5 Å². The second-order valence-corrected chi connectivity index (χ2v) is 6.40. The minimum atomic E-state index is 0. The number of hydrogen-bond acceptors (Lipinski definition) is 3. The third-order valence-corrected chi connectivity index (χ3v) is 4.14. The van der Waals surface area contributed by atoms with Gasteiger partial charge in [-0.1, -0.05) is 28.1 Å². The van der Waals surface area contributed by atoms with Crippen LogP contribution in [0.25, 0.3) is 0 Å². The Hall–Kier alpha value is -1.48. The molecule has 0 radical (unpaired) electrons. The molecule has 25 heavy (non-hydrogen) atoms. The molecule has 0 saturated heterocycles. The number of aliphatic imine (C=N–C) groups is 1. The predicted octanol–water partition coefficient (Wildman–Crippen LogP) is 4.20. The van der Waals surface area contributed by atoms with Gasteiger partial charge in [-0.05, 0) is 36.2 Å². The van der Waals surface area contributed by atoms with E-state index in [0.717, 1.165) is 34.5 Å². The van der Waals surface area contributed by atoms with Crippen molar-refractivity contribution in [2.24, 2.45) is 10.7 Å². The van der Waals surface area contributed by atoms with E-state index in [0.29, 0.717) is 25.7 Å². The zero-order valence-electron chi connectivity index (χ0n) is 13.7. The molecule has 1 aliphatic rings. The smallest absolute Gasteiger partial charge is 0.193 e. The Kier molecular flexibility index (Phi) is 7.83. The molecule has 2 aromatic carbocycles. The normalized spacial score (nSPS) is 13.6. The van der Waals surface area contributed by atoms with Crippen molar-refractivity contribution in [3.63, 3.8) is 0 Å². The molecule has 5 nitrogen and oxygen atoms in total. The predicted molar refractivity (Wildman–Crippen MR) is 115 cm³/mol. The van der Waals surface area contributed by atoms with Crippen LogP contribution in [0.4, 0.5) is 5.69 Å². The monoisotopic (exact) mass is 517 g/mol. The molecular formula is C18H21BrIN3O2. The molecular weight excluding hydrogens is 497 g/mol. The molecule has 2 aromatic rings. The molecule has 134 valence electrons. The van der Waals surface area contributed by atoms with Gasteiger partial charge in [0, 0.05) is 29.2 Å². The number of ether oxygens (including phenoxy) is 2. The molecule has 0 atom stereocenters. The summed E-state index contributed by atoms with van der Waals surface area (Å²) in [6.07, 6.45) is 1.73. The van der Waals surface area contributed by atoms with Crippen LogP contribution >= 0.6 is 39.9 Å². The third-order valence-electron chi connectivity index (χ3n) is 3.62. The summed E-state index contributed by atoms with van der Waals surface area (Å²) in [5.74, 6) is 1.89. The van der Waals surface area contributed by atoms with Crippen LogP contribution in [0, 0.1) is 0 Å². The average molecular weight is 518 g/mol. The second kappa shape index (κ2) is 9.86. The molecule has 0 aliphatic carbocycles. The number of hydrogen-bond donors (Lipinski definition) is 2. The zero-order valence-corrected chi connectivity index (χ0v) is 17.6. The van der Waals surface area contributed by atoms with E-state index in [1.165, 1.54) is 5.56 Å². The Morgan fingerprint density at radius 3 is 2.56 bits per heavy atom. The highest BCUT2D eigenvalue weighted by Gasteiger charge is 2.10. The summed E-state index contributed by atoms with van der Waals surface area (Å²) in [5, 5.41) is 3.09. The quantitative estimate of drug-likeness (QED) is 0.362. The van der Waals surface area contributed by atoms with Crippen molar-refractivity contribution >= 4 is 51.6 Å². The Labute approximate surface area is 173 Å². The number of nitrogens with two attached hydrogens (primary N) is 1. The topological polar surface area (TPSA) is 68.9 Å². The van der Waals surface area contributed by atoms with Crippen LogP contribution in [0.15, 0.2) is 51.9 Å². The molecule has 0 unspecified atom stereocenters. The van der Waals surface area contributed by atoms with Crippen molar-refractivity contribution in [2.45, 2.75) is 12.8 Å². The molecule has 0 fully saturated rings. The molecule has 0 amide bonds. The van der Waals surface area contributed by atoms with E-state index in [9.17, 15) is 0 Å². The maximum atomic E-state index is 5.96. The molecule has 0 aromatic heterocycles. The van der Waals surface area contributed by atoms with Gasteiger partial charge in [0.2, 0.25) is 0 Å². The van der Waals surface area contributed by atoms with E-state index in [-0.39, 0.29) is 24.0 Å². The lowest BCUT2D eigenvalue weighted by molar-refractivity contribution is 0.297. The Balaban J connectivity index is 0.00000225. The van der Waals surface area contributed by atoms with Crippen molar-refractivity contribution in [3.8, 4) is 11.5 Å². The van der Waals surface area contributed by atoms with Crippen LogP contribution in [-0.4, -0.2) is 25.7 Å². The van der Waals surface area contributed by atoms with Gasteiger partial charge in [-0.25, -0.2) is 0 Å². The van der Waals surface area contributed by atoms with Gasteiger partial charge in [0.1, 0.15) is 0 Å². The molecule has 1 heterocycles. The molecule has 3 rings (SSSR count). The number of nitrogens with zero attached hydrogens (tertiary/aromatic N) is 1. The largest absolute Gasteiger partial charge is 0.490 e. The van der Waals surface area contributed by atoms with Crippen molar-refractivity contribution in [3.05, 3.63) is 52.5 Å². The first-order chi connectivity index (χ1) is 11.7. The fourth-order valence-corrected chi connectivity index (χ4v) is 2.65. The molecule has 0 bridgehead atoms. The highest BCUT2D eigenvalue weighted by Crippen LogP contribution is 2.32. The molecule has 3 N–H and O–H groups in total. The molecule has 0 spiro atoms. The lowest BCUT2D eigenvalue weighted by Gasteiger charge is -2.10. The van der Waals surface area contributed by atoms with Gasteiger partial charge in [-0.15, -0.1) is 24.0 Å². The van der Waals surface area contributed by atoms with Crippen LogP contribution < -0.4 is 20.5 Å². The van der Waals surface area contributed by atoms with Crippen LogP contribution in [0.2, 0.25) is 0 Å². The molecule has 0 saturated carbocycles. The SMILES string of the molecule is I.NC(=NCCc1ccc(Br)cc1)Nc1ccc2c(c1)OCCCO2. The van der Waals surface area contributed by atoms with Crippen molar-refractivity contribution < 1.29 is 9.47 Å². The first-order valence-corrected chi connectivity index (χ1v) is 8.71. The van der Waals surface area contributed by atoms with Crippen molar-refractivity contribution in [2.75, 3.05) is 25.1 Å².